The summed E-state index contributed by atoms with van der Waals surface area (Å²) in [5, 5.41) is 0. The van der Waals surface area contributed by atoms with Gasteiger partial charge in [0.05, 0.1) is 0 Å². The van der Waals surface area contributed by atoms with E-state index in [9.17, 15) is 0 Å². The van der Waals surface area contributed by atoms with Crippen LogP contribution in [-0.4, -0.2) is 16.6 Å². The summed E-state index contributed by atoms with van der Waals surface area (Å²) in [6.07, 6.45) is 0. The molecule has 1 rings (SSSR count). The van der Waals surface area contributed by atoms with Crippen LogP contribution in [-0.2, 0) is 0 Å². The van der Waals surface area contributed by atoms with Crippen LogP contribution in [0.5, 0.6) is 11.9 Å². The molecule has 0 unspecified atom stereocenters. The lowest BCUT2D eigenvalue weighted by molar-refractivity contribution is 0.320. The molecule has 1 aromatic rings. The van der Waals surface area contributed by atoms with E-state index in [2.05, 4.69) is 39.3 Å². The summed E-state index contributed by atoms with van der Waals surface area (Å²) < 4.78 is 17.2. The highest BCUT2D eigenvalue weighted by Gasteiger charge is 2.23. The smallest absolute Gasteiger partial charge is 0.276 e. The molecule has 0 radical (unpaired) electrons. The topological polar surface area (TPSA) is 31.6 Å². The monoisotopic (exact) mass is 260 g/mol. The van der Waals surface area contributed by atoms with Gasteiger partial charge in [0.15, 0.2) is 0 Å². The average Bonchev–Trinajstić information content (AvgIpc) is 2.23. The van der Waals surface area contributed by atoms with E-state index >= 15 is 0 Å². The van der Waals surface area contributed by atoms with E-state index in [1.807, 2.05) is 13.0 Å². The van der Waals surface area contributed by atoms with Gasteiger partial charge in [0.25, 0.3) is 11.9 Å². The van der Waals surface area contributed by atoms with Gasteiger partial charge in [-0.2, -0.15) is 0 Å². The average molecular weight is 260 g/mol. The van der Waals surface area contributed by atoms with Crippen molar-refractivity contribution in [3.8, 4) is 11.9 Å². The summed E-state index contributed by atoms with van der Waals surface area (Å²) >= 11 is 0. The van der Waals surface area contributed by atoms with Gasteiger partial charge in [0.1, 0.15) is 0 Å². The zero-order chi connectivity index (χ0) is 12.6. The van der Waals surface area contributed by atoms with Gasteiger partial charge < -0.3 is 13.3 Å². The van der Waals surface area contributed by atoms with Crippen molar-refractivity contribution in [2.45, 2.75) is 46.2 Å². The van der Waals surface area contributed by atoms with E-state index in [1.165, 1.54) is 0 Å². The lowest BCUT2D eigenvalue weighted by atomic mass is 10.9. The number of hydrogen-bond acceptors (Lipinski definition) is 3. The Kier molecular flexibility index (Phi) is 3.59. The molecule has 0 bridgehead atoms. The molecule has 5 heteroatoms. The quantitative estimate of drug-likeness (QED) is 0.766. The first-order chi connectivity index (χ1) is 7.07. The molecule has 0 spiro atoms. The van der Waals surface area contributed by atoms with E-state index in [4.69, 9.17) is 13.3 Å². The molecule has 0 aliphatic heterocycles. The molecule has 92 valence electrons. The lowest BCUT2D eigenvalue weighted by Gasteiger charge is -2.18. The fourth-order valence-electron chi connectivity index (χ4n) is 1.17. The number of aryl methyl sites for hydroxylation is 1. The van der Waals surface area contributed by atoms with Gasteiger partial charge >= 0.3 is 0 Å². The Labute approximate surface area is 100 Å². The molecule has 0 atom stereocenters. The Morgan fingerprint density at radius 2 is 1.44 bits per heavy atom. The summed E-state index contributed by atoms with van der Waals surface area (Å²) in [6, 6.07) is 1.91. The molecule has 0 aliphatic rings. The maximum Gasteiger partial charge on any atom is 0.276 e. The van der Waals surface area contributed by atoms with Gasteiger partial charge in [-0.15, -0.1) is 0 Å². The highest BCUT2D eigenvalue weighted by atomic mass is 28.4. The third-order valence-electron chi connectivity index (χ3n) is 1.66. The lowest BCUT2D eigenvalue weighted by Crippen LogP contribution is -2.29. The zero-order valence-corrected chi connectivity index (χ0v) is 13.3. The predicted octanol–water partition coefficient (Wildman–Crippen LogP) is 4.02. The second-order valence-electron chi connectivity index (χ2n) is 5.96. The Bertz CT molecular complexity index is 358. The SMILES string of the molecule is C[13c]1[13cH]c(O[Si](C)(C)C)oc1O[Si](C)(C)C. The van der Waals surface area contributed by atoms with E-state index in [-0.39, 0.29) is 0 Å². The summed E-state index contributed by atoms with van der Waals surface area (Å²) in [5.74, 6) is 1.21. The van der Waals surface area contributed by atoms with E-state index < -0.39 is 16.6 Å². The van der Waals surface area contributed by atoms with Crippen LogP contribution in [0.1, 0.15) is 5.56 Å². The van der Waals surface area contributed by atoms with Crippen molar-refractivity contribution in [1.29, 1.82) is 0 Å². The molecule has 0 saturated carbocycles. The molecule has 0 fully saturated rings. The summed E-state index contributed by atoms with van der Waals surface area (Å²) in [6.45, 7) is 14.8. The Balaban J connectivity index is 2.82. The Morgan fingerprint density at radius 1 is 0.938 bits per heavy atom. The molecule has 0 saturated heterocycles. The molecular weight excluding hydrogens is 238 g/mol. The number of rotatable bonds is 4. The standard InChI is InChI=1S/C11H22O3Si2/c1-9-8-10(13-15(2,3)4)12-11(9)14-16(5,6)7/h8H,1-7H3/i8+1,9+1. The van der Waals surface area contributed by atoms with Crippen molar-refractivity contribution in [3.05, 3.63) is 11.6 Å². The van der Waals surface area contributed by atoms with Crippen LogP contribution in [0.4, 0.5) is 0 Å². The number of hydrogen-bond donors (Lipinski definition) is 0. The van der Waals surface area contributed by atoms with Crippen molar-refractivity contribution in [1.82, 2.24) is 0 Å². The van der Waals surface area contributed by atoms with Gasteiger partial charge in [0, 0.05) is 11.6 Å². The van der Waals surface area contributed by atoms with Gasteiger partial charge in [-0.25, -0.2) is 0 Å². The first-order valence-corrected chi connectivity index (χ1v) is 12.4. The van der Waals surface area contributed by atoms with Gasteiger partial charge in [-0.1, -0.05) is 0 Å². The molecule has 0 amide bonds. The van der Waals surface area contributed by atoms with Crippen LogP contribution < -0.4 is 8.85 Å². The second kappa shape index (κ2) is 4.29. The first-order valence-electron chi connectivity index (χ1n) is 5.55. The van der Waals surface area contributed by atoms with Crippen molar-refractivity contribution >= 4 is 16.6 Å². The van der Waals surface area contributed by atoms with Crippen LogP contribution in [0.25, 0.3) is 0 Å². The summed E-state index contributed by atoms with van der Waals surface area (Å²) in [5.41, 5.74) is 1.01. The van der Waals surface area contributed by atoms with Crippen LogP contribution in [0.3, 0.4) is 0 Å². The van der Waals surface area contributed by atoms with Gasteiger partial charge in [0.2, 0.25) is 16.6 Å². The first kappa shape index (κ1) is 13.4. The van der Waals surface area contributed by atoms with E-state index in [0.717, 1.165) is 5.56 Å². The number of furan rings is 1. The molecule has 1 heterocycles. The molecule has 0 aromatic carbocycles. The van der Waals surface area contributed by atoms with Crippen molar-refractivity contribution < 1.29 is 13.3 Å². The fraction of sp³-hybridized carbons (Fsp3) is 0.636. The molecule has 1 aromatic heterocycles. The zero-order valence-electron chi connectivity index (χ0n) is 11.3. The minimum Gasteiger partial charge on any atom is -0.519 e. The Hall–Kier alpha value is -0.686. The van der Waals surface area contributed by atoms with Gasteiger partial charge in [-0.05, 0) is 46.2 Å². The van der Waals surface area contributed by atoms with E-state index in [1.54, 1.807) is 0 Å². The molecule has 3 nitrogen and oxygen atoms in total. The summed E-state index contributed by atoms with van der Waals surface area (Å²) in [7, 11) is -3.22. The third kappa shape index (κ3) is 4.44. The Morgan fingerprint density at radius 3 is 1.88 bits per heavy atom. The van der Waals surface area contributed by atoms with Crippen LogP contribution in [0.15, 0.2) is 10.5 Å². The van der Waals surface area contributed by atoms with Crippen LogP contribution in [0.2, 0.25) is 39.3 Å². The molecule has 0 aliphatic carbocycles. The second-order valence-corrected chi connectivity index (χ2v) is 14.8. The highest BCUT2D eigenvalue weighted by molar-refractivity contribution is 6.70. The van der Waals surface area contributed by atoms with Crippen molar-refractivity contribution in [3.63, 3.8) is 0 Å². The predicted molar refractivity (Wildman–Crippen MR) is 71.4 cm³/mol. The molecular formula is C11H22O3Si2. The largest absolute Gasteiger partial charge is 0.519 e. The fourth-order valence-corrected chi connectivity index (χ4v) is 2.63. The van der Waals surface area contributed by atoms with Crippen LogP contribution >= 0.6 is 0 Å². The normalized spacial score (nSPS) is 12.7. The van der Waals surface area contributed by atoms with E-state index in [0.29, 0.717) is 11.9 Å². The van der Waals surface area contributed by atoms with Crippen molar-refractivity contribution in [2.75, 3.05) is 0 Å². The molecule has 0 N–H and O–H groups in total. The highest BCUT2D eigenvalue weighted by Crippen LogP contribution is 2.31. The minimum atomic E-state index is -1.61. The van der Waals surface area contributed by atoms with Gasteiger partial charge in [-0.3, -0.25) is 0 Å². The minimum absolute atomic E-state index is 0.588. The maximum absolute atomic E-state index is 5.84. The maximum atomic E-state index is 5.84. The van der Waals surface area contributed by atoms with Crippen molar-refractivity contribution in [2.24, 2.45) is 0 Å². The third-order valence-corrected chi connectivity index (χ3v) is 3.27. The summed E-state index contributed by atoms with van der Waals surface area (Å²) in [4.78, 5) is 0. The molecule has 16 heavy (non-hydrogen) atoms. The van der Waals surface area contributed by atoms with Crippen LogP contribution in [0, 0.1) is 6.92 Å².